The second-order valence-electron chi connectivity index (χ2n) is 3.43. The fourth-order valence-corrected chi connectivity index (χ4v) is 1.59. The number of hydrogen-bond acceptors (Lipinski definition) is 4. The molecule has 1 rings (SSSR count). The van der Waals surface area contributed by atoms with Crippen molar-refractivity contribution in [3.8, 4) is 11.8 Å². The lowest BCUT2D eigenvalue weighted by Crippen LogP contribution is -2.09. The van der Waals surface area contributed by atoms with Crippen LogP contribution in [0, 0.1) is 11.3 Å². The van der Waals surface area contributed by atoms with Crippen molar-refractivity contribution >= 4 is 17.6 Å². The van der Waals surface area contributed by atoms with Gasteiger partial charge in [0.05, 0.1) is 18.6 Å². The Balaban J connectivity index is 3.06. The minimum absolute atomic E-state index is 0.0425. The van der Waals surface area contributed by atoms with Crippen LogP contribution in [-0.2, 0) is 16.0 Å². The van der Waals surface area contributed by atoms with Gasteiger partial charge in [-0.25, -0.2) is 0 Å². The second kappa shape index (κ2) is 6.90. The number of benzene rings is 1. The predicted molar refractivity (Wildman–Crippen MR) is 63.1 cm³/mol. The summed E-state index contributed by atoms with van der Waals surface area (Å²) in [6.45, 7) is -1.22. The van der Waals surface area contributed by atoms with E-state index in [-0.39, 0.29) is 29.4 Å². The lowest BCUT2D eigenvalue weighted by molar-refractivity contribution is -0.142. The van der Waals surface area contributed by atoms with Gasteiger partial charge in [-0.05, 0) is 24.6 Å². The van der Waals surface area contributed by atoms with Gasteiger partial charge >= 0.3 is 12.6 Å². The van der Waals surface area contributed by atoms with Crippen LogP contribution in [0.1, 0.15) is 18.1 Å². The van der Waals surface area contributed by atoms with E-state index in [9.17, 15) is 13.6 Å². The highest BCUT2D eigenvalue weighted by atomic mass is 35.5. The van der Waals surface area contributed by atoms with E-state index in [4.69, 9.17) is 21.6 Å². The average molecular weight is 290 g/mol. The van der Waals surface area contributed by atoms with E-state index in [1.807, 2.05) is 0 Å². The van der Waals surface area contributed by atoms with Gasteiger partial charge in [0.15, 0.2) is 0 Å². The molecule has 0 heterocycles. The molecular formula is C12H10ClF2NO3. The Labute approximate surface area is 113 Å². The van der Waals surface area contributed by atoms with E-state index >= 15 is 0 Å². The highest BCUT2D eigenvalue weighted by Gasteiger charge is 2.15. The molecule has 0 saturated carbocycles. The van der Waals surface area contributed by atoms with E-state index in [1.54, 1.807) is 13.0 Å². The Hall–Kier alpha value is -1.87. The fourth-order valence-electron chi connectivity index (χ4n) is 1.40. The van der Waals surface area contributed by atoms with Crippen LogP contribution in [0.4, 0.5) is 8.78 Å². The summed E-state index contributed by atoms with van der Waals surface area (Å²) in [6.07, 6.45) is -0.153. The maximum atomic E-state index is 12.2. The first-order chi connectivity index (χ1) is 8.97. The van der Waals surface area contributed by atoms with E-state index in [0.29, 0.717) is 5.56 Å². The Kier molecular flexibility index (Phi) is 5.52. The molecule has 102 valence electrons. The van der Waals surface area contributed by atoms with Gasteiger partial charge in [-0.15, -0.1) is 0 Å². The van der Waals surface area contributed by atoms with Crippen molar-refractivity contribution in [2.24, 2.45) is 0 Å². The molecule has 0 unspecified atom stereocenters. The zero-order valence-corrected chi connectivity index (χ0v) is 10.7. The van der Waals surface area contributed by atoms with Gasteiger partial charge in [-0.1, -0.05) is 11.6 Å². The molecule has 7 heteroatoms. The summed E-state index contributed by atoms with van der Waals surface area (Å²) in [5, 5.41) is 8.63. The number of nitriles is 1. The van der Waals surface area contributed by atoms with E-state index in [0.717, 1.165) is 0 Å². The lowest BCUT2D eigenvalue weighted by Gasteiger charge is -2.10. The van der Waals surface area contributed by atoms with E-state index in [2.05, 4.69) is 4.74 Å². The molecule has 0 aliphatic carbocycles. The Bertz CT molecular complexity index is 514. The molecule has 0 fully saturated rings. The molecular weight excluding hydrogens is 280 g/mol. The minimum Gasteiger partial charge on any atom is -0.466 e. The molecule has 0 saturated heterocycles. The summed E-state index contributed by atoms with van der Waals surface area (Å²) >= 11 is 5.73. The first-order valence-corrected chi connectivity index (χ1v) is 5.68. The van der Waals surface area contributed by atoms with Crippen LogP contribution in [0.5, 0.6) is 5.75 Å². The summed E-state index contributed by atoms with van der Waals surface area (Å²) in [5.41, 5.74) is 0.272. The highest BCUT2D eigenvalue weighted by Crippen LogP contribution is 2.31. The third-order valence-electron chi connectivity index (χ3n) is 2.09. The van der Waals surface area contributed by atoms with Gasteiger partial charge < -0.3 is 9.47 Å². The summed E-state index contributed by atoms with van der Waals surface area (Å²) in [4.78, 5) is 11.3. The van der Waals surface area contributed by atoms with Crippen molar-refractivity contribution in [1.82, 2.24) is 0 Å². The van der Waals surface area contributed by atoms with Crippen LogP contribution in [0.2, 0.25) is 5.02 Å². The number of esters is 1. The number of rotatable bonds is 5. The minimum atomic E-state index is -3.07. The first kappa shape index (κ1) is 15.2. The van der Waals surface area contributed by atoms with Crippen molar-refractivity contribution in [3.05, 3.63) is 28.3 Å². The first-order valence-electron chi connectivity index (χ1n) is 5.30. The third kappa shape index (κ3) is 4.38. The van der Waals surface area contributed by atoms with Crippen molar-refractivity contribution < 1.29 is 23.0 Å². The van der Waals surface area contributed by atoms with Crippen LogP contribution in [0.3, 0.4) is 0 Å². The summed E-state index contributed by atoms with van der Waals surface area (Å²) in [5.74, 6) is -0.869. The van der Waals surface area contributed by atoms with Crippen LogP contribution in [0.25, 0.3) is 0 Å². The molecule has 0 aromatic heterocycles. The van der Waals surface area contributed by atoms with Gasteiger partial charge in [0, 0.05) is 0 Å². The number of hydrogen-bond donors (Lipinski definition) is 0. The third-order valence-corrected chi connectivity index (χ3v) is 2.48. The Morgan fingerprint density at radius 2 is 2.21 bits per heavy atom. The fraction of sp³-hybridized carbons (Fsp3) is 0.333. The molecule has 0 N–H and O–H groups in total. The number of alkyl halides is 2. The zero-order chi connectivity index (χ0) is 14.4. The largest absolute Gasteiger partial charge is 0.466 e. The molecule has 0 spiro atoms. The topological polar surface area (TPSA) is 59.3 Å². The normalized spacial score (nSPS) is 10.1. The van der Waals surface area contributed by atoms with Crippen LogP contribution < -0.4 is 4.74 Å². The zero-order valence-electron chi connectivity index (χ0n) is 9.95. The van der Waals surface area contributed by atoms with Crippen molar-refractivity contribution in [2.75, 3.05) is 6.61 Å². The average Bonchev–Trinajstić information content (AvgIpc) is 2.32. The Morgan fingerprint density at radius 1 is 1.53 bits per heavy atom. The second-order valence-corrected chi connectivity index (χ2v) is 3.81. The van der Waals surface area contributed by atoms with Gasteiger partial charge in [0.2, 0.25) is 0 Å². The number of carbonyl (C=O) groups excluding carboxylic acids is 1. The molecule has 0 radical (unpaired) electrons. The smallest absolute Gasteiger partial charge is 0.387 e. The maximum Gasteiger partial charge on any atom is 0.387 e. The summed E-state index contributed by atoms with van der Waals surface area (Å²) < 4.78 is 33.3. The number of ether oxygens (including phenoxy) is 2. The predicted octanol–water partition coefficient (Wildman–Crippen LogP) is 2.92. The van der Waals surface area contributed by atoms with E-state index < -0.39 is 12.6 Å². The molecule has 4 nitrogen and oxygen atoms in total. The van der Waals surface area contributed by atoms with Crippen LogP contribution in [-0.4, -0.2) is 19.2 Å². The number of nitrogens with zero attached hydrogens (tertiary/aromatic N) is 1. The quantitative estimate of drug-likeness (QED) is 0.782. The number of carbonyl (C=O) groups is 1. The molecule has 0 bridgehead atoms. The highest BCUT2D eigenvalue weighted by molar-refractivity contribution is 6.33. The van der Waals surface area contributed by atoms with Crippen molar-refractivity contribution in [2.45, 2.75) is 20.0 Å². The monoisotopic (exact) mass is 289 g/mol. The number of halogens is 3. The molecule has 1 aromatic rings. The summed E-state index contributed by atoms with van der Waals surface area (Å²) in [7, 11) is 0. The van der Waals surface area contributed by atoms with Crippen molar-refractivity contribution in [1.29, 1.82) is 5.26 Å². The molecule has 1 aromatic carbocycles. The van der Waals surface area contributed by atoms with Crippen LogP contribution >= 0.6 is 11.6 Å². The van der Waals surface area contributed by atoms with Gasteiger partial charge in [0.1, 0.15) is 16.8 Å². The van der Waals surface area contributed by atoms with Crippen molar-refractivity contribution in [3.63, 3.8) is 0 Å². The van der Waals surface area contributed by atoms with E-state index in [1.165, 1.54) is 12.1 Å². The SMILES string of the molecule is CCOC(=O)Cc1cc(C#N)c(Cl)c(OC(F)F)c1. The molecule has 0 aliphatic heterocycles. The summed E-state index contributed by atoms with van der Waals surface area (Å²) in [6, 6.07) is 4.26. The lowest BCUT2D eigenvalue weighted by atomic mass is 10.1. The molecule has 0 amide bonds. The standard InChI is InChI=1S/C12H10ClF2NO3/c1-2-18-10(17)5-7-3-8(6-16)11(13)9(4-7)19-12(14)15/h3-4,12H,2,5H2,1H3. The molecule has 0 aliphatic rings. The molecule has 0 atom stereocenters. The molecule has 19 heavy (non-hydrogen) atoms. The maximum absolute atomic E-state index is 12.2. The Morgan fingerprint density at radius 3 is 2.74 bits per heavy atom. The van der Waals surface area contributed by atoms with Gasteiger partial charge in [0.25, 0.3) is 0 Å². The van der Waals surface area contributed by atoms with Gasteiger partial charge in [-0.3, -0.25) is 4.79 Å². The van der Waals surface area contributed by atoms with Gasteiger partial charge in [-0.2, -0.15) is 14.0 Å². The van der Waals surface area contributed by atoms with Crippen LogP contribution in [0.15, 0.2) is 12.1 Å².